The summed E-state index contributed by atoms with van der Waals surface area (Å²) in [6.45, 7) is 4.82. The van der Waals surface area contributed by atoms with E-state index in [2.05, 4.69) is 16.8 Å². The van der Waals surface area contributed by atoms with E-state index in [4.69, 9.17) is 9.62 Å². The summed E-state index contributed by atoms with van der Waals surface area (Å²) in [7, 11) is 2.10. The van der Waals surface area contributed by atoms with Gasteiger partial charge < -0.3 is 14.2 Å². The van der Waals surface area contributed by atoms with Crippen LogP contribution in [0.2, 0.25) is 0 Å². The second kappa shape index (κ2) is 8.83. The van der Waals surface area contributed by atoms with Crippen molar-refractivity contribution in [1.82, 2.24) is 14.4 Å². The summed E-state index contributed by atoms with van der Waals surface area (Å²) in [4.78, 5) is 40.5. The molecule has 4 rings (SSSR count). The first-order valence-electron chi connectivity index (χ1n) is 10.2. The highest BCUT2D eigenvalue weighted by molar-refractivity contribution is 5.98. The summed E-state index contributed by atoms with van der Waals surface area (Å²) < 4.78 is 6.79. The fourth-order valence-corrected chi connectivity index (χ4v) is 3.82. The molecule has 0 atom stereocenters. The smallest absolute Gasteiger partial charge is 0.408 e. The normalized spacial score (nSPS) is 15.4. The Morgan fingerprint density at radius 2 is 1.90 bits per heavy atom. The van der Waals surface area contributed by atoms with Gasteiger partial charge in [-0.15, -0.1) is 0 Å². The van der Waals surface area contributed by atoms with Gasteiger partial charge in [0.05, 0.1) is 17.0 Å². The number of carbonyl (C=O) groups is 1. The van der Waals surface area contributed by atoms with E-state index in [0.29, 0.717) is 35.2 Å². The minimum atomic E-state index is -0.551. The number of ketones is 1. The van der Waals surface area contributed by atoms with Gasteiger partial charge in [0.25, 0.3) is 4.92 Å². The molecule has 1 N–H and O–H groups in total. The van der Waals surface area contributed by atoms with Crippen LogP contribution in [0.15, 0.2) is 51.7 Å². The van der Waals surface area contributed by atoms with Gasteiger partial charge in [-0.1, -0.05) is 12.1 Å². The third kappa shape index (κ3) is 4.73. The van der Waals surface area contributed by atoms with Gasteiger partial charge >= 0.3 is 11.4 Å². The number of oxazole rings is 1. The van der Waals surface area contributed by atoms with Gasteiger partial charge in [-0.3, -0.25) is 9.36 Å². The van der Waals surface area contributed by atoms with Crippen molar-refractivity contribution in [3.05, 3.63) is 69.0 Å². The molecule has 31 heavy (non-hydrogen) atoms. The quantitative estimate of drug-likeness (QED) is 0.458. The number of nitrogens with zero attached hydrogens (tertiary/aromatic N) is 4. The number of Topliss-reactive ketones (excluding diaryl/α,β-unsaturated/α-hetero) is 1. The van der Waals surface area contributed by atoms with E-state index < -0.39 is 5.76 Å². The van der Waals surface area contributed by atoms with Crippen LogP contribution in [0, 0.1) is 4.91 Å². The Morgan fingerprint density at radius 1 is 1.13 bits per heavy atom. The van der Waals surface area contributed by atoms with Gasteiger partial charge in [-0.2, -0.15) is 0 Å². The first-order valence-corrected chi connectivity index (χ1v) is 10.2. The molecular weight excluding hydrogens is 400 g/mol. The van der Waals surface area contributed by atoms with E-state index in [1.54, 1.807) is 30.3 Å². The van der Waals surface area contributed by atoms with Crippen molar-refractivity contribution < 1.29 is 19.3 Å². The summed E-state index contributed by atoms with van der Waals surface area (Å²) in [5, 5.41) is 9.08. The highest BCUT2D eigenvalue weighted by Crippen LogP contribution is 2.19. The number of piperazine rings is 1. The van der Waals surface area contributed by atoms with Crippen molar-refractivity contribution in [2.24, 2.45) is 0 Å². The molecule has 0 aliphatic carbocycles. The van der Waals surface area contributed by atoms with Crippen LogP contribution in [-0.4, -0.2) is 70.1 Å². The first-order chi connectivity index (χ1) is 14.9. The van der Waals surface area contributed by atoms with Crippen LogP contribution >= 0.6 is 0 Å². The number of hydrogen-bond donors (Lipinski definition) is 1. The number of hydrogen-bond acceptors (Lipinski definition) is 6. The number of fused-ring (bicyclic) bond motifs is 1. The van der Waals surface area contributed by atoms with E-state index >= 15 is 0 Å². The van der Waals surface area contributed by atoms with E-state index in [9.17, 15) is 14.5 Å². The second-order valence-electron chi connectivity index (χ2n) is 7.90. The molecular formula is C22H25N4O5+. The van der Waals surface area contributed by atoms with Crippen LogP contribution in [0.5, 0.6) is 0 Å². The van der Waals surface area contributed by atoms with Gasteiger partial charge in [0.1, 0.15) is 0 Å². The molecule has 3 aromatic rings. The lowest BCUT2D eigenvalue weighted by atomic mass is 10.1. The number of benzene rings is 2. The second-order valence-corrected chi connectivity index (χ2v) is 7.90. The van der Waals surface area contributed by atoms with Crippen LogP contribution in [-0.2, 0) is 6.54 Å². The number of rotatable bonds is 7. The summed E-state index contributed by atoms with van der Waals surface area (Å²) in [6.07, 6.45) is 0.416. The van der Waals surface area contributed by atoms with E-state index in [1.807, 2.05) is 0 Å². The lowest BCUT2D eigenvalue weighted by Gasteiger charge is -2.32. The van der Waals surface area contributed by atoms with Gasteiger partial charge in [-0.05, 0) is 30.8 Å². The van der Waals surface area contributed by atoms with Crippen molar-refractivity contribution in [3.8, 4) is 0 Å². The topological polar surface area (TPSA) is 99.0 Å². The standard InChI is InChI=1S/C22H25N4O5/c1-23-9-11-24(12-10-23)8-7-20(27)17-5-6-19-21(14-17)31-22(28)25(19)15-16-3-2-4-18(13-16)26(29)30/h2-6,13-14H,7-12,15H2,1H3,(H,29,30)/q+1. The van der Waals surface area contributed by atoms with Crippen LogP contribution in [0.3, 0.4) is 0 Å². The zero-order chi connectivity index (χ0) is 22.0. The lowest BCUT2D eigenvalue weighted by Crippen LogP contribution is -2.45. The minimum Gasteiger partial charge on any atom is -0.408 e. The zero-order valence-corrected chi connectivity index (χ0v) is 17.4. The van der Waals surface area contributed by atoms with Crippen LogP contribution in [0.4, 0.5) is 5.69 Å². The Morgan fingerprint density at radius 3 is 2.65 bits per heavy atom. The molecule has 2 aromatic carbocycles. The zero-order valence-electron chi connectivity index (χ0n) is 17.4. The van der Waals surface area contributed by atoms with Crippen molar-refractivity contribution in [3.63, 3.8) is 0 Å². The molecule has 0 bridgehead atoms. The Kier molecular flexibility index (Phi) is 5.97. The molecule has 2 heterocycles. The Bertz CT molecular complexity index is 1170. The van der Waals surface area contributed by atoms with Gasteiger partial charge in [0.15, 0.2) is 11.4 Å². The van der Waals surface area contributed by atoms with Gasteiger partial charge in [-0.25, -0.2) is 10.0 Å². The molecule has 1 aromatic heterocycles. The molecule has 162 valence electrons. The summed E-state index contributed by atoms with van der Waals surface area (Å²) in [6, 6.07) is 11.4. The maximum atomic E-state index is 12.7. The molecule has 1 aliphatic rings. The third-order valence-electron chi connectivity index (χ3n) is 5.71. The average Bonchev–Trinajstić information content (AvgIpc) is 3.07. The first kappa shape index (κ1) is 21.0. The van der Waals surface area contributed by atoms with Crippen LogP contribution in [0.1, 0.15) is 22.3 Å². The van der Waals surface area contributed by atoms with Gasteiger partial charge in [0.2, 0.25) is 0 Å². The fourth-order valence-electron chi connectivity index (χ4n) is 3.82. The highest BCUT2D eigenvalue weighted by Gasteiger charge is 2.18. The van der Waals surface area contributed by atoms with Crippen LogP contribution in [0.25, 0.3) is 11.1 Å². The Labute approximate surface area is 178 Å². The van der Waals surface area contributed by atoms with Crippen LogP contribution < -0.4 is 5.76 Å². The molecule has 0 unspecified atom stereocenters. The Hall–Kier alpha value is -3.30. The highest BCUT2D eigenvalue weighted by atomic mass is 16.6. The fraction of sp³-hybridized carbons (Fsp3) is 0.364. The SMILES string of the molecule is CN1CCN(CCC(=O)c2ccc3c(c2)oc(=O)n3Cc2cccc([N+](=O)O)c2)CC1. The minimum absolute atomic E-state index is 0.0161. The third-order valence-corrected chi connectivity index (χ3v) is 5.71. The van der Waals surface area contributed by atoms with E-state index in [0.717, 1.165) is 26.2 Å². The molecule has 9 nitrogen and oxygen atoms in total. The molecule has 1 aliphatic heterocycles. The number of likely N-dealkylation sites (N-methyl/N-ethyl adjacent to an activating group) is 1. The monoisotopic (exact) mass is 425 g/mol. The predicted octanol–water partition coefficient (Wildman–Crippen LogP) is 2.26. The summed E-state index contributed by atoms with van der Waals surface area (Å²) in [5.74, 6) is -0.534. The van der Waals surface area contributed by atoms with Crippen molar-refractivity contribution >= 4 is 22.6 Å². The largest absolute Gasteiger partial charge is 0.420 e. The molecule has 1 saturated heterocycles. The molecule has 0 radical (unpaired) electrons. The molecule has 0 amide bonds. The summed E-state index contributed by atoms with van der Waals surface area (Å²) in [5.41, 5.74) is 2.16. The maximum absolute atomic E-state index is 12.7. The lowest BCUT2D eigenvalue weighted by molar-refractivity contribution is -0.729. The van der Waals surface area contributed by atoms with Crippen molar-refractivity contribution in [2.45, 2.75) is 13.0 Å². The average molecular weight is 425 g/mol. The molecule has 1 fully saturated rings. The van der Waals surface area contributed by atoms with Gasteiger partial charge in [0, 0.05) is 56.8 Å². The van der Waals surface area contributed by atoms with Crippen molar-refractivity contribution in [2.75, 3.05) is 39.8 Å². The maximum Gasteiger partial charge on any atom is 0.420 e. The van der Waals surface area contributed by atoms with Crippen molar-refractivity contribution in [1.29, 1.82) is 0 Å². The molecule has 0 spiro atoms. The summed E-state index contributed by atoms with van der Waals surface area (Å²) >= 11 is 0. The number of aromatic nitrogens is 1. The predicted molar refractivity (Wildman–Crippen MR) is 114 cm³/mol. The Balaban J connectivity index is 1.49. The molecule has 9 heteroatoms. The van der Waals surface area contributed by atoms with E-state index in [1.165, 1.54) is 16.7 Å². The number of carbonyl (C=O) groups excluding carboxylic acids is 1. The molecule has 0 saturated carbocycles. The van der Waals surface area contributed by atoms with E-state index in [-0.39, 0.29) is 22.9 Å².